The molecule has 11 heteroatoms. The molecule has 2 aromatic carbocycles. The molecular weight excluding hydrogens is 475 g/mol. The summed E-state index contributed by atoms with van der Waals surface area (Å²) in [6.07, 6.45) is 0. The molecule has 1 N–H and O–H groups in total. The van der Waals surface area contributed by atoms with Gasteiger partial charge in [0.05, 0.1) is 16.3 Å². The van der Waals surface area contributed by atoms with E-state index in [0.29, 0.717) is 47.5 Å². The van der Waals surface area contributed by atoms with Crippen LogP contribution in [0.2, 0.25) is 5.02 Å². The number of hydrogen-bond donors (Lipinski definition) is 1. The first-order valence-electron chi connectivity index (χ1n) is 9.79. The zero-order valence-corrected chi connectivity index (χ0v) is 19.5. The van der Waals surface area contributed by atoms with Gasteiger partial charge < -0.3 is 9.80 Å². The second kappa shape index (κ2) is 9.05. The van der Waals surface area contributed by atoms with Crippen molar-refractivity contribution in [2.24, 2.45) is 0 Å². The van der Waals surface area contributed by atoms with Crippen LogP contribution in [0.5, 0.6) is 0 Å². The standard InChI is InChI=1S/C21H20ClFN4O3S2/c1-14-19(31-21(24-14)25-32(29,30)16-8-6-15(22)7-9-16)20(28)27-12-10-26(11-13-27)18-5-3-2-4-17(18)23/h2-9H,10-13H2,1H3,(H,24,25). The van der Waals surface area contributed by atoms with Crippen molar-refractivity contribution in [2.45, 2.75) is 11.8 Å². The number of nitrogens with one attached hydrogen (secondary N) is 1. The highest BCUT2D eigenvalue weighted by Crippen LogP contribution is 2.28. The lowest BCUT2D eigenvalue weighted by atomic mass is 10.2. The monoisotopic (exact) mass is 494 g/mol. The smallest absolute Gasteiger partial charge is 0.266 e. The van der Waals surface area contributed by atoms with Crippen LogP contribution in [0.15, 0.2) is 53.4 Å². The number of hydrogen-bond acceptors (Lipinski definition) is 6. The Morgan fingerprint density at radius 2 is 1.75 bits per heavy atom. The fourth-order valence-electron chi connectivity index (χ4n) is 3.43. The summed E-state index contributed by atoms with van der Waals surface area (Å²) in [4.78, 5) is 21.3. The molecule has 1 fully saturated rings. The fraction of sp³-hybridized carbons (Fsp3) is 0.238. The van der Waals surface area contributed by atoms with Crippen LogP contribution in [-0.4, -0.2) is 50.4 Å². The van der Waals surface area contributed by atoms with Crippen LogP contribution in [0.4, 0.5) is 15.2 Å². The van der Waals surface area contributed by atoms with Gasteiger partial charge in [-0.3, -0.25) is 9.52 Å². The van der Waals surface area contributed by atoms with Crippen molar-refractivity contribution in [3.63, 3.8) is 0 Å². The number of sulfonamides is 1. The SMILES string of the molecule is Cc1nc(NS(=O)(=O)c2ccc(Cl)cc2)sc1C(=O)N1CCN(c2ccccc2F)CC1. The number of anilines is 2. The lowest BCUT2D eigenvalue weighted by Gasteiger charge is -2.36. The number of thiazole rings is 1. The molecule has 1 saturated heterocycles. The van der Waals surface area contributed by atoms with Gasteiger partial charge in [0, 0.05) is 31.2 Å². The molecular formula is C21H20ClFN4O3S2. The van der Waals surface area contributed by atoms with Gasteiger partial charge in [-0.1, -0.05) is 35.1 Å². The number of para-hydroxylation sites is 1. The highest BCUT2D eigenvalue weighted by atomic mass is 35.5. The molecule has 168 valence electrons. The van der Waals surface area contributed by atoms with Crippen molar-refractivity contribution < 1.29 is 17.6 Å². The van der Waals surface area contributed by atoms with Crippen LogP contribution >= 0.6 is 22.9 Å². The molecule has 0 saturated carbocycles. The summed E-state index contributed by atoms with van der Waals surface area (Å²) in [6, 6.07) is 12.3. The van der Waals surface area contributed by atoms with E-state index in [0.717, 1.165) is 11.3 Å². The molecule has 4 rings (SSSR count). The van der Waals surface area contributed by atoms with Crippen LogP contribution in [0, 0.1) is 12.7 Å². The molecule has 0 unspecified atom stereocenters. The number of halogens is 2. The van der Waals surface area contributed by atoms with Gasteiger partial charge in [0.1, 0.15) is 10.7 Å². The van der Waals surface area contributed by atoms with Crippen molar-refractivity contribution in [2.75, 3.05) is 35.8 Å². The second-order valence-electron chi connectivity index (χ2n) is 7.22. The van der Waals surface area contributed by atoms with Crippen LogP contribution in [0.1, 0.15) is 15.4 Å². The first-order valence-corrected chi connectivity index (χ1v) is 12.5. The number of piperazine rings is 1. The van der Waals surface area contributed by atoms with E-state index in [-0.39, 0.29) is 21.8 Å². The molecule has 7 nitrogen and oxygen atoms in total. The number of carbonyl (C=O) groups excluding carboxylic acids is 1. The number of benzene rings is 2. The maximum absolute atomic E-state index is 14.0. The Labute approximate surface area is 194 Å². The Kier molecular flexibility index (Phi) is 6.36. The van der Waals surface area contributed by atoms with Crippen LogP contribution in [0.25, 0.3) is 0 Å². The number of amides is 1. The number of nitrogens with zero attached hydrogens (tertiary/aromatic N) is 3. The average Bonchev–Trinajstić information content (AvgIpc) is 3.13. The van der Waals surface area contributed by atoms with Crippen molar-refractivity contribution in [3.05, 3.63) is 69.9 Å². The minimum atomic E-state index is -3.85. The van der Waals surface area contributed by atoms with Gasteiger partial charge in [-0.05, 0) is 43.3 Å². The second-order valence-corrected chi connectivity index (χ2v) is 10.3. The third kappa shape index (κ3) is 4.72. The van der Waals surface area contributed by atoms with E-state index in [1.54, 1.807) is 30.0 Å². The molecule has 0 spiro atoms. The molecule has 2 heterocycles. The highest BCUT2D eigenvalue weighted by Gasteiger charge is 2.27. The van der Waals surface area contributed by atoms with E-state index >= 15 is 0 Å². The quantitative estimate of drug-likeness (QED) is 0.579. The third-order valence-electron chi connectivity index (χ3n) is 5.10. The molecule has 1 aliphatic rings. The Balaban J connectivity index is 1.44. The maximum atomic E-state index is 14.0. The van der Waals surface area contributed by atoms with Gasteiger partial charge in [0.15, 0.2) is 5.13 Å². The van der Waals surface area contributed by atoms with Crippen LogP contribution in [0.3, 0.4) is 0 Å². The number of rotatable bonds is 5. The summed E-state index contributed by atoms with van der Waals surface area (Å²) in [5.74, 6) is -0.506. The molecule has 1 amide bonds. The first kappa shape index (κ1) is 22.5. The van der Waals surface area contributed by atoms with Gasteiger partial charge in [0.2, 0.25) is 0 Å². The Bertz CT molecular complexity index is 1240. The summed E-state index contributed by atoms with van der Waals surface area (Å²) in [6.45, 7) is 3.52. The number of carbonyl (C=O) groups is 1. The van der Waals surface area contributed by atoms with Crippen molar-refractivity contribution >= 4 is 49.7 Å². The topological polar surface area (TPSA) is 82.6 Å². The molecule has 1 aromatic heterocycles. The summed E-state index contributed by atoms with van der Waals surface area (Å²) >= 11 is 6.81. The van der Waals surface area contributed by atoms with Gasteiger partial charge >= 0.3 is 0 Å². The van der Waals surface area contributed by atoms with Crippen molar-refractivity contribution in [1.29, 1.82) is 0 Å². The van der Waals surface area contributed by atoms with E-state index in [9.17, 15) is 17.6 Å². The average molecular weight is 495 g/mol. The molecule has 1 aliphatic heterocycles. The lowest BCUT2D eigenvalue weighted by molar-refractivity contribution is 0.0750. The third-order valence-corrected chi connectivity index (χ3v) is 7.89. The van der Waals surface area contributed by atoms with E-state index in [2.05, 4.69) is 9.71 Å². The molecule has 0 radical (unpaired) electrons. The van der Waals surface area contributed by atoms with E-state index in [1.807, 2.05) is 4.90 Å². The Morgan fingerprint density at radius 3 is 2.41 bits per heavy atom. The summed E-state index contributed by atoms with van der Waals surface area (Å²) in [5, 5.41) is 0.544. The van der Waals surface area contributed by atoms with Crippen LogP contribution < -0.4 is 9.62 Å². The van der Waals surface area contributed by atoms with Gasteiger partial charge in [-0.25, -0.2) is 17.8 Å². The highest BCUT2D eigenvalue weighted by molar-refractivity contribution is 7.93. The predicted molar refractivity (Wildman–Crippen MR) is 124 cm³/mol. The minimum absolute atomic E-state index is 0.0481. The summed E-state index contributed by atoms with van der Waals surface area (Å²) < 4.78 is 41.6. The maximum Gasteiger partial charge on any atom is 0.266 e. The molecule has 32 heavy (non-hydrogen) atoms. The number of aryl methyl sites for hydroxylation is 1. The normalized spacial score (nSPS) is 14.5. The predicted octanol–water partition coefficient (Wildman–Crippen LogP) is 4.01. The molecule has 0 atom stereocenters. The van der Waals surface area contributed by atoms with Gasteiger partial charge in [-0.2, -0.15) is 0 Å². The lowest BCUT2D eigenvalue weighted by Crippen LogP contribution is -2.49. The first-order chi connectivity index (χ1) is 15.2. The summed E-state index contributed by atoms with van der Waals surface area (Å²) in [7, 11) is -3.85. The Hall–Kier alpha value is -2.69. The Morgan fingerprint density at radius 1 is 1.09 bits per heavy atom. The van der Waals surface area contributed by atoms with Gasteiger partial charge in [-0.15, -0.1) is 0 Å². The largest absolute Gasteiger partial charge is 0.366 e. The van der Waals surface area contributed by atoms with E-state index < -0.39 is 10.0 Å². The van der Waals surface area contributed by atoms with Crippen LogP contribution in [-0.2, 0) is 10.0 Å². The zero-order chi connectivity index (χ0) is 22.9. The van der Waals surface area contributed by atoms with Crippen molar-refractivity contribution in [3.8, 4) is 0 Å². The molecule has 3 aromatic rings. The van der Waals surface area contributed by atoms with Gasteiger partial charge in [0.25, 0.3) is 15.9 Å². The molecule has 0 bridgehead atoms. The van der Waals surface area contributed by atoms with Crippen molar-refractivity contribution in [1.82, 2.24) is 9.88 Å². The van der Waals surface area contributed by atoms with E-state index in [1.165, 1.54) is 30.3 Å². The number of aromatic nitrogens is 1. The minimum Gasteiger partial charge on any atom is -0.366 e. The molecule has 0 aliphatic carbocycles. The zero-order valence-electron chi connectivity index (χ0n) is 17.1. The fourth-order valence-corrected chi connectivity index (χ4v) is 5.72. The summed E-state index contributed by atoms with van der Waals surface area (Å²) in [5.41, 5.74) is 0.970. The van der Waals surface area contributed by atoms with E-state index in [4.69, 9.17) is 11.6 Å².